The second-order valence-electron chi connectivity index (χ2n) is 6.21. The van der Waals surface area contributed by atoms with Gasteiger partial charge in [0.25, 0.3) is 0 Å². The van der Waals surface area contributed by atoms with Gasteiger partial charge in [0.1, 0.15) is 18.2 Å². The van der Waals surface area contributed by atoms with Crippen molar-refractivity contribution in [1.29, 1.82) is 0 Å². The predicted molar refractivity (Wildman–Crippen MR) is 75.3 cm³/mol. The fraction of sp³-hybridized carbons (Fsp3) is 0.625. The lowest BCUT2D eigenvalue weighted by Crippen LogP contribution is -2.56. The first-order valence-corrected chi connectivity index (χ1v) is 7.40. The van der Waals surface area contributed by atoms with E-state index in [9.17, 15) is 9.50 Å². The Bertz CT molecular complexity index is 485. The molecule has 3 nitrogen and oxygen atoms in total. The number of nitrogens with one attached hydrogen (secondary N) is 1. The number of halogens is 1. The normalized spacial score (nSPS) is 21.6. The van der Waals surface area contributed by atoms with Crippen molar-refractivity contribution in [2.24, 2.45) is 5.92 Å². The molecule has 1 unspecified atom stereocenters. The number of aryl methyl sites for hydroxylation is 1. The Kier molecular flexibility index (Phi) is 3.69. The average molecular weight is 279 g/mol. The van der Waals surface area contributed by atoms with Crippen LogP contribution in [0.5, 0.6) is 5.75 Å². The van der Waals surface area contributed by atoms with Crippen molar-refractivity contribution in [2.45, 2.75) is 44.2 Å². The SMILES string of the molecule is Cc1ccc(F)cc1OCC(CO)(NC1CC1)C1CC1. The molecule has 0 amide bonds. The summed E-state index contributed by atoms with van der Waals surface area (Å²) in [6.07, 6.45) is 4.61. The molecule has 0 spiro atoms. The zero-order valence-corrected chi connectivity index (χ0v) is 11.9. The third-order valence-electron chi connectivity index (χ3n) is 4.35. The van der Waals surface area contributed by atoms with Crippen LogP contribution in [-0.4, -0.2) is 29.9 Å². The van der Waals surface area contributed by atoms with Crippen molar-refractivity contribution in [3.05, 3.63) is 29.6 Å². The summed E-state index contributed by atoms with van der Waals surface area (Å²) in [5.74, 6) is 0.754. The van der Waals surface area contributed by atoms with E-state index in [4.69, 9.17) is 4.74 Å². The van der Waals surface area contributed by atoms with Crippen molar-refractivity contribution in [2.75, 3.05) is 13.2 Å². The Balaban J connectivity index is 1.71. The fourth-order valence-corrected chi connectivity index (χ4v) is 2.70. The van der Waals surface area contributed by atoms with Crippen LogP contribution in [0.1, 0.15) is 31.2 Å². The summed E-state index contributed by atoms with van der Waals surface area (Å²) >= 11 is 0. The topological polar surface area (TPSA) is 41.5 Å². The molecule has 2 N–H and O–H groups in total. The van der Waals surface area contributed by atoms with Crippen LogP contribution in [0.2, 0.25) is 0 Å². The number of aliphatic hydroxyl groups excluding tert-OH is 1. The molecule has 0 radical (unpaired) electrons. The molecule has 2 saturated carbocycles. The van der Waals surface area contributed by atoms with E-state index in [0.717, 1.165) is 18.4 Å². The van der Waals surface area contributed by atoms with E-state index in [-0.39, 0.29) is 18.0 Å². The molecule has 110 valence electrons. The number of rotatable bonds is 7. The van der Waals surface area contributed by atoms with Gasteiger partial charge in [-0.1, -0.05) is 6.07 Å². The monoisotopic (exact) mass is 279 g/mol. The summed E-state index contributed by atoms with van der Waals surface area (Å²) in [6.45, 7) is 2.37. The largest absolute Gasteiger partial charge is 0.491 e. The minimum Gasteiger partial charge on any atom is -0.491 e. The van der Waals surface area contributed by atoms with Gasteiger partial charge in [0.15, 0.2) is 0 Å². The molecule has 0 heterocycles. The lowest BCUT2D eigenvalue weighted by atomic mass is 9.95. The van der Waals surface area contributed by atoms with Crippen LogP contribution in [0, 0.1) is 18.7 Å². The highest BCUT2D eigenvalue weighted by Crippen LogP contribution is 2.41. The van der Waals surface area contributed by atoms with E-state index < -0.39 is 0 Å². The zero-order chi connectivity index (χ0) is 14.2. The Morgan fingerprint density at radius 2 is 2.10 bits per heavy atom. The third-order valence-corrected chi connectivity index (χ3v) is 4.35. The molecule has 0 saturated heterocycles. The molecule has 0 aliphatic heterocycles. The lowest BCUT2D eigenvalue weighted by Gasteiger charge is -2.33. The molecule has 0 aromatic heterocycles. The van der Waals surface area contributed by atoms with Gasteiger partial charge in [-0.3, -0.25) is 0 Å². The summed E-state index contributed by atoms with van der Waals surface area (Å²) in [4.78, 5) is 0. The third kappa shape index (κ3) is 2.96. The fourth-order valence-electron chi connectivity index (χ4n) is 2.70. The van der Waals surface area contributed by atoms with E-state index in [2.05, 4.69) is 5.32 Å². The molecule has 4 heteroatoms. The van der Waals surface area contributed by atoms with E-state index in [1.54, 1.807) is 6.07 Å². The molecule has 1 aromatic carbocycles. The Labute approximate surface area is 119 Å². The highest BCUT2D eigenvalue weighted by Gasteiger charge is 2.48. The van der Waals surface area contributed by atoms with Crippen molar-refractivity contribution in [3.63, 3.8) is 0 Å². The van der Waals surface area contributed by atoms with E-state index >= 15 is 0 Å². The molecule has 20 heavy (non-hydrogen) atoms. The molecule has 2 fully saturated rings. The number of hydrogen-bond donors (Lipinski definition) is 2. The summed E-state index contributed by atoms with van der Waals surface area (Å²) < 4.78 is 19.1. The maximum absolute atomic E-state index is 13.3. The van der Waals surface area contributed by atoms with Gasteiger partial charge >= 0.3 is 0 Å². The van der Waals surface area contributed by atoms with Gasteiger partial charge < -0.3 is 15.2 Å². The summed E-state index contributed by atoms with van der Waals surface area (Å²) in [5.41, 5.74) is 0.556. The molecule has 1 aromatic rings. The van der Waals surface area contributed by atoms with Crippen LogP contribution in [0.15, 0.2) is 18.2 Å². The van der Waals surface area contributed by atoms with E-state index in [1.165, 1.54) is 25.0 Å². The van der Waals surface area contributed by atoms with E-state index in [0.29, 0.717) is 24.3 Å². The van der Waals surface area contributed by atoms with Gasteiger partial charge in [-0.15, -0.1) is 0 Å². The first kappa shape index (κ1) is 13.8. The maximum atomic E-state index is 13.3. The Morgan fingerprint density at radius 1 is 1.35 bits per heavy atom. The highest BCUT2D eigenvalue weighted by molar-refractivity contribution is 5.32. The van der Waals surface area contributed by atoms with Crippen molar-refractivity contribution >= 4 is 0 Å². The van der Waals surface area contributed by atoms with Crippen molar-refractivity contribution in [3.8, 4) is 5.75 Å². The van der Waals surface area contributed by atoms with Crippen LogP contribution in [-0.2, 0) is 0 Å². The Morgan fingerprint density at radius 3 is 2.70 bits per heavy atom. The van der Waals surface area contributed by atoms with Crippen LogP contribution >= 0.6 is 0 Å². The first-order valence-electron chi connectivity index (χ1n) is 7.40. The molecule has 0 bridgehead atoms. The highest BCUT2D eigenvalue weighted by atomic mass is 19.1. The van der Waals surface area contributed by atoms with Crippen LogP contribution in [0.25, 0.3) is 0 Å². The maximum Gasteiger partial charge on any atom is 0.126 e. The lowest BCUT2D eigenvalue weighted by molar-refractivity contribution is 0.0827. The number of benzene rings is 1. The molecule has 2 aliphatic rings. The summed E-state index contributed by atoms with van der Waals surface area (Å²) in [5, 5.41) is 13.4. The van der Waals surface area contributed by atoms with Gasteiger partial charge in [-0.05, 0) is 50.2 Å². The van der Waals surface area contributed by atoms with Crippen molar-refractivity contribution in [1.82, 2.24) is 5.32 Å². The van der Waals surface area contributed by atoms with Crippen LogP contribution in [0.3, 0.4) is 0 Å². The summed E-state index contributed by atoms with van der Waals surface area (Å²) in [7, 11) is 0. The molecular formula is C16H22FNO2. The number of ether oxygens (including phenoxy) is 1. The second kappa shape index (κ2) is 5.34. The van der Waals surface area contributed by atoms with Gasteiger partial charge in [0.2, 0.25) is 0 Å². The molecule has 3 rings (SSSR count). The molecular weight excluding hydrogens is 257 g/mol. The average Bonchev–Trinajstić information content (AvgIpc) is 3.30. The van der Waals surface area contributed by atoms with Gasteiger partial charge in [0, 0.05) is 12.1 Å². The standard InChI is InChI=1S/C16H22FNO2/c1-11-2-5-13(17)8-15(11)20-10-16(9-19,12-3-4-12)18-14-6-7-14/h2,5,8,12,14,18-19H,3-4,6-7,9-10H2,1H3. The first-order chi connectivity index (χ1) is 9.63. The van der Waals surface area contributed by atoms with Crippen LogP contribution in [0.4, 0.5) is 4.39 Å². The van der Waals surface area contributed by atoms with Gasteiger partial charge in [-0.2, -0.15) is 0 Å². The quantitative estimate of drug-likeness (QED) is 0.805. The minimum atomic E-state index is -0.361. The zero-order valence-electron chi connectivity index (χ0n) is 11.9. The minimum absolute atomic E-state index is 0.0720. The predicted octanol–water partition coefficient (Wildman–Crippen LogP) is 2.41. The van der Waals surface area contributed by atoms with Gasteiger partial charge in [0.05, 0.1) is 12.1 Å². The van der Waals surface area contributed by atoms with E-state index in [1.807, 2.05) is 6.92 Å². The van der Waals surface area contributed by atoms with Crippen LogP contribution < -0.4 is 10.1 Å². The number of aliphatic hydroxyl groups is 1. The van der Waals surface area contributed by atoms with Gasteiger partial charge in [-0.25, -0.2) is 4.39 Å². The smallest absolute Gasteiger partial charge is 0.126 e. The Hall–Kier alpha value is -1.13. The second-order valence-corrected chi connectivity index (χ2v) is 6.21. The summed E-state index contributed by atoms with van der Waals surface area (Å²) in [6, 6.07) is 5.09. The number of hydrogen-bond acceptors (Lipinski definition) is 3. The molecule has 2 aliphatic carbocycles. The van der Waals surface area contributed by atoms with Crippen molar-refractivity contribution < 1.29 is 14.2 Å². The molecule has 1 atom stereocenters.